The van der Waals surface area contributed by atoms with Gasteiger partial charge in [-0.3, -0.25) is 4.99 Å². The number of furan rings is 1. The Morgan fingerprint density at radius 1 is 1.28 bits per heavy atom. The molecule has 1 aliphatic carbocycles. The first-order valence-electron chi connectivity index (χ1n) is 9.40. The minimum Gasteiger partial charge on any atom is -0.469 e. The lowest BCUT2D eigenvalue weighted by Gasteiger charge is -2.27. The average molecular weight is 463 g/mol. The minimum absolute atomic E-state index is 0. The highest BCUT2D eigenvalue weighted by Gasteiger charge is 2.33. The molecule has 1 saturated carbocycles. The topological polar surface area (TPSA) is 58.8 Å². The van der Waals surface area contributed by atoms with Crippen LogP contribution in [0.4, 0.5) is 0 Å². The second kappa shape index (κ2) is 12.6. The highest BCUT2D eigenvalue weighted by molar-refractivity contribution is 14.0. The van der Waals surface area contributed by atoms with Crippen LogP contribution in [0, 0.1) is 5.41 Å². The van der Waals surface area contributed by atoms with Crippen LogP contribution in [0.3, 0.4) is 0 Å². The molecule has 0 aromatic carbocycles. The largest absolute Gasteiger partial charge is 0.469 e. The van der Waals surface area contributed by atoms with Gasteiger partial charge in [0.15, 0.2) is 5.96 Å². The summed E-state index contributed by atoms with van der Waals surface area (Å²) in [5.41, 5.74) is 0.332. The van der Waals surface area contributed by atoms with E-state index in [1.54, 1.807) is 6.26 Å². The van der Waals surface area contributed by atoms with Gasteiger partial charge in [-0.05, 0) is 50.7 Å². The van der Waals surface area contributed by atoms with E-state index in [9.17, 15) is 0 Å². The number of nitrogens with one attached hydrogen (secondary N) is 2. The summed E-state index contributed by atoms with van der Waals surface area (Å²) in [6.45, 7) is 8.40. The lowest BCUT2D eigenvalue weighted by atomic mass is 9.83. The Labute approximate surface area is 169 Å². The van der Waals surface area contributed by atoms with Gasteiger partial charge in [0, 0.05) is 39.3 Å². The van der Waals surface area contributed by atoms with E-state index < -0.39 is 0 Å². The van der Waals surface area contributed by atoms with Gasteiger partial charge in [0.05, 0.1) is 6.26 Å². The molecule has 6 heteroatoms. The van der Waals surface area contributed by atoms with Crippen LogP contribution in [0.2, 0.25) is 0 Å². The highest BCUT2D eigenvalue weighted by Crippen LogP contribution is 2.41. The minimum atomic E-state index is 0. The Morgan fingerprint density at radius 3 is 2.72 bits per heavy atom. The monoisotopic (exact) mass is 463 g/mol. The maximum Gasteiger partial charge on any atom is 0.191 e. The van der Waals surface area contributed by atoms with Crippen LogP contribution in [-0.2, 0) is 11.2 Å². The highest BCUT2D eigenvalue weighted by atomic mass is 127. The van der Waals surface area contributed by atoms with Gasteiger partial charge in [-0.2, -0.15) is 0 Å². The van der Waals surface area contributed by atoms with E-state index in [0.717, 1.165) is 57.4 Å². The molecule has 5 nitrogen and oxygen atoms in total. The second-order valence-electron chi connectivity index (χ2n) is 6.61. The summed E-state index contributed by atoms with van der Waals surface area (Å²) < 4.78 is 11.0. The van der Waals surface area contributed by atoms with Crippen LogP contribution >= 0.6 is 24.0 Å². The van der Waals surface area contributed by atoms with Gasteiger partial charge in [-0.15, -0.1) is 24.0 Å². The van der Waals surface area contributed by atoms with Gasteiger partial charge in [0.2, 0.25) is 0 Å². The van der Waals surface area contributed by atoms with Crippen LogP contribution in [0.15, 0.2) is 27.8 Å². The summed E-state index contributed by atoms with van der Waals surface area (Å²) >= 11 is 0. The fraction of sp³-hybridized carbons (Fsp3) is 0.737. The van der Waals surface area contributed by atoms with Crippen molar-refractivity contribution in [3.8, 4) is 0 Å². The third-order valence-corrected chi connectivity index (χ3v) is 4.81. The number of ether oxygens (including phenoxy) is 1. The number of aliphatic imine (C=N–C) groups is 1. The van der Waals surface area contributed by atoms with Crippen molar-refractivity contribution >= 4 is 29.9 Å². The third kappa shape index (κ3) is 7.98. The molecule has 0 amide bonds. The maximum absolute atomic E-state index is 5.59. The number of rotatable bonds is 10. The Morgan fingerprint density at radius 2 is 2.08 bits per heavy atom. The van der Waals surface area contributed by atoms with E-state index >= 15 is 0 Å². The molecular weight excluding hydrogens is 429 g/mol. The molecule has 0 radical (unpaired) electrons. The number of guanidine groups is 1. The van der Waals surface area contributed by atoms with Crippen molar-refractivity contribution in [3.05, 3.63) is 24.2 Å². The standard InChI is InChI=1S/C19H33N3O2.HI/c1-3-20-18(21-13-9-17-8-7-14-24-17)22-16-19(10-5-6-11-19)12-15-23-4-2;/h7-8,14H,3-6,9-13,15-16H2,1-2H3,(H2,20,21,22);1H. The van der Waals surface area contributed by atoms with Gasteiger partial charge in [0.25, 0.3) is 0 Å². The maximum atomic E-state index is 5.59. The molecule has 0 aliphatic heterocycles. The molecule has 1 aliphatic rings. The molecule has 0 spiro atoms. The first kappa shape index (κ1) is 22.3. The van der Waals surface area contributed by atoms with Crippen LogP contribution in [0.25, 0.3) is 0 Å². The molecule has 2 rings (SSSR count). The number of hydrogen-bond donors (Lipinski definition) is 2. The molecule has 0 unspecified atom stereocenters. The fourth-order valence-corrected chi connectivity index (χ4v) is 3.39. The molecule has 144 valence electrons. The summed E-state index contributed by atoms with van der Waals surface area (Å²) in [5.74, 6) is 1.91. The van der Waals surface area contributed by atoms with E-state index in [2.05, 4.69) is 24.5 Å². The molecule has 2 N–H and O–H groups in total. The zero-order valence-electron chi connectivity index (χ0n) is 15.7. The molecule has 0 atom stereocenters. The lowest BCUT2D eigenvalue weighted by Crippen LogP contribution is -2.39. The summed E-state index contributed by atoms with van der Waals surface area (Å²) in [7, 11) is 0. The van der Waals surface area contributed by atoms with Crippen molar-refractivity contribution in [1.29, 1.82) is 0 Å². The van der Waals surface area contributed by atoms with Gasteiger partial charge in [-0.1, -0.05) is 12.8 Å². The molecule has 25 heavy (non-hydrogen) atoms. The zero-order chi connectivity index (χ0) is 17.1. The van der Waals surface area contributed by atoms with E-state index in [-0.39, 0.29) is 24.0 Å². The van der Waals surface area contributed by atoms with Crippen molar-refractivity contribution < 1.29 is 9.15 Å². The SMILES string of the molecule is CCNC(=NCC1(CCOCC)CCCC1)NCCc1ccco1.I. The number of nitrogens with zero attached hydrogens (tertiary/aromatic N) is 1. The first-order valence-corrected chi connectivity index (χ1v) is 9.40. The van der Waals surface area contributed by atoms with Crippen LogP contribution in [-0.4, -0.2) is 38.8 Å². The van der Waals surface area contributed by atoms with Gasteiger partial charge >= 0.3 is 0 Å². The Hall–Kier alpha value is -0.760. The van der Waals surface area contributed by atoms with Gasteiger partial charge < -0.3 is 19.8 Å². The summed E-state index contributed by atoms with van der Waals surface area (Å²) in [5, 5.41) is 6.76. The Bertz CT molecular complexity index is 471. The van der Waals surface area contributed by atoms with Crippen molar-refractivity contribution in [2.75, 3.05) is 32.8 Å². The van der Waals surface area contributed by atoms with Gasteiger partial charge in [-0.25, -0.2) is 0 Å². The van der Waals surface area contributed by atoms with E-state index in [1.165, 1.54) is 25.7 Å². The van der Waals surface area contributed by atoms with Crippen molar-refractivity contribution in [3.63, 3.8) is 0 Å². The molecule has 1 heterocycles. The number of hydrogen-bond acceptors (Lipinski definition) is 3. The molecule has 0 bridgehead atoms. The van der Waals surface area contributed by atoms with Crippen molar-refractivity contribution in [2.24, 2.45) is 10.4 Å². The lowest BCUT2D eigenvalue weighted by molar-refractivity contribution is 0.107. The Kier molecular flexibility index (Phi) is 11.2. The van der Waals surface area contributed by atoms with Gasteiger partial charge in [0.1, 0.15) is 5.76 Å². The quantitative estimate of drug-likeness (QED) is 0.239. The smallest absolute Gasteiger partial charge is 0.191 e. The first-order chi connectivity index (χ1) is 11.8. The summed E-state index contributed by atoms with van der Waals surface area (Å²) in [4.78, 5) is 4.87. The molecule has 1 aromatic rings. The molecule has 0 saturated heterocycles. The molecular formula is C19H34IN3O2. The van der Waals surface area contributed by atoms with E-state index in [4.69, 9.17) is 14.1 Å². The average Bonchev–Trinajstić information content (AvgIpc) is 3.25. The Balaban J connectivity index is 0.00000312. The second-order valence-corrected chi connectivity index (χ2v) is 6.61. The van der Waals surface area contributed by atoms with E-state index in [1.807, 2.05) is 12.1 Å². The predicted octanol–water partition coefficient (Wildman–Crippen LogP) is 3.98. The molecule has 1 fully saturated rings. The number of halogens is 1. The fourth-order valence-electron chi connectivity index (χ4n) is 3.39. The third-order valence-electron chi connectivity index (χ3n) is 4.81. The zero-order valence-corrected chi connectivity index (χ0v) is 18.0. The molecule has 1 aromatic heterocycles. The van der Waals surface area contributed by atoms with Crippen LogP contribution < -0.4 is 10.6 Å². The normalized spacial score (nSPS) is 16.5. The summed E-state index contributed by atoms with van der Waals surface area (Å²) in [6.07, 6.45) is 8.90. The predicted molar refractivity (Wildman–Crippen MR) is 114 cm³/mol. The van der Waals surface area contributed by atoms with E-state index in [0.29, 0.717) is 5.41 Å². The van der Waals surface area contributed by atoms with Crippen molar-refractivity contribution in [1.82, 2.24) is 10.6 Å². The summed E-state index contributed by atoms with van der Waals surface area (Å²) in [6, 6.07) is 3.93. The van der Waals surface area contributed by atoms with Crippen molar-refractivity contribution in [2.45, 2.75) is 52.4 Å². The van der Waals surface area contributed by atoms with Crippen LogP contribution in [0.5, 0.6) is 0 Å². The van der Waals surface area contributed by atoms with Crippen LogP contribution in [0.1, 0.15) is 51.7 Å².